The summed E-state index contributed by atoms with van der Waals surface area (Å²) in [5.41, 5.74) is 5.74. The molecule has 3 aromatic carbocycles. The molecule has 0 aliphatic carbocycles. The third-order valence-corrected chi connectivity index (χ3v) is 6.33. The number of hydrogen-bond acceptors (Lipinski definition) is 7. The van der Waals surface area contributed by atoms with Gasteiger partial charge in [0.25, 0.3) is 0 Å². The summed E-state index contributed by atoms with van der Waals surface area (Å²) in [5.74, 6) is 1.19. The molecule has 0 fully saturated rings. The van der Waals surface area contributed by atoms with E-state index >= 15 is 0 Å². The van der Waals surface area contributed by atoms with E-state index < -0.39 is 5.91 Å². The molecule has 0 atom stereocenters. The summed E-state index contributed by atoms with van der Waals surface area (Å²) in [5, 5.41) is 10.8. The van der Waals surface area contributed by atoms with E-state index in [1.807, 2.05) is 30.3 Å². The summed E-state index contributed by atoms with van der Waals surface area (Å²) >= 11 is 0. The number of ether oxygens (including phenoxy) is 2. The van der Waals surface area contributed by atoms with Crippen LogP contribution in [0.4, 0.5) is 0 Å². The van der Waals surface area contributed by atoms with Crippen LogP contribution in [0.3, 0.4) is 0 Å². The van der Waals surface area contributed by atoms with Crippen molar-refractivity contribution in [2.24, 2.45) is 0 Å². The fourth-order valence-corrected chi connectivity index (χ4v) is 4.44. The largest absolute Gasteiger partial charge is 0.454 e. The smallest absolute Gasteiger partial charge is 0.309 e. The lowest BCUT2D eigenvalue weighted by Gasteiger charge is -2.28. The third kappa shape index (κ3) is 4.61. The van der Waals surface area contributed by atoms with Crippen molar-refractivity contribution in [1.82, 2.24) is 20.4 Å². The molecule has 1 N–H and O–H groups in total. The van der Waals surface area contributed by atoms with Gasteiger partial charge in [-0.25, -0.2) is 0 Å². The molecule has 2 aliphatic heterocycles. The Morgan fingerprint density at radius 3 is 2.60 bits per heavy atom. The maximum atomic E-state index is 12.5. The Hall–Kier alpha value is -4.17. The van der Waals surface area contributed by atoms with E-state index in [0.717, 1.165) is 37.2 Å². The lowest BCUT2D eigenvalue weighted by molar-refractivity contribution is 0.0916. The summed E-state index contributed by atoms with van der Waals surface area (Å²) in [6.07, 6.45) is 1.08. The topological polar surface area (TPSA) is 89.7 Å². The van der Waals surface area contributed by atoms with Crippen LogP contribution < -0.4 is 14.8 Å². The van der Waals surface area contributed by atoms with Crippen LogP contribution in [0.2, 0.25) is 0 Å². The SMILES string of the molecule is O=C(NCc1ccc2c(c1)OCO2)c1nnc(-c2ccc(CN3CCc4ccccc4C3)cc2)o1. The molecule has 3 heterocycles. The highest BCUT2D eigenvalue weighted by Gasteiger charge is 2.18. The number of hydrogen-bond donors (Lipinski definition) is 1. The van der Waals surface area contributed by atoms with E-state index in [0.29, 0.717) is 23.9 Å². The van der Waals surface area contributed by atoms with Gasteiger partial charge in [-0.3, -0.25) is 9.69 Å². The predicted octanol–water partition coefficient (Wildman–Crippen LogP) is 3.95. The average Bonchev–Trinajstić information content (AvgIpc) is 3.57. The van der Waals surface area contributed by atoms with Crippen LogP contribution in [0.5, 0.6) is 11.5 Å². The van der Waals surface area contributed by atoms with Gasteiger partial charge < -0.3 is 19.2 Å². The molecule has 1 aromatic heterocycles. The van der Waals surface area contributed by atoms with Gasteiger partial charge in [0.2, 0.25) is 12.7 Å². The molecule has 2 aliphatic rings. The normalized spacial score (nSPS) is 14.5. The van der Waals surface area contributed by atoms with Gasteiger partial charge in [-0.2, -0.15) is 0 Å². The van der Waals surface area contributed by atoms with Crippen LogP contribution in [-0.2, 0) is 26.1 Å². The molecule has 0 unspecified atom stereocenters. The molecule has 8 heteroatoms. The zero-order valence-corrected chi connectivity index (χ0v) is 19.1. The maximum absolute atomic E-state index is 12.5. The highest BCUT2D eigenvalue weighted by Crippen LogP contribution is 2.32. The molecular weight excluding hydrogens is 444 g/mol. The minimum atomic E-state index is -0.427. The second-order valence-corrected chi connectivity index (χ2v) is 8.71. The zero-order valence-electron chi connectivity index (χ0n) is 19.1. The van der Waals surface area contributed by atoms with Crippen LogP contribution in [0.25, 0.3) is 11.5 Å². The van der Waals surface area contributed by atoms with Crippen LogP contribution in [0, 0.1) is 0 Å². The van der Waals surface area contributed by atoms with Crippen LogP contribution in [0.15, 0.2) is 71.1 Å². The van der Waals surface area contributed by atoms with Gasteiger partial charge in [0.15, 0.2) is 11.5 Å². The summed E-state index contributed by atoms with van der Waals surface area (Å²) < 4.78 is 16.3. The number of nitrogens with one attached hydrogen (secondary N) is 1. The molecule has 6 rings (SSSR count). The van der Waals surface area contributed by atoms with Crippen molar-refractivity contribution in [3.05, 3.63) is 94.9 Å². The first-order valence-electron chi connectivity index (χ1n) is 11.6. The standard InChI is InChI=1S/C27H24N4O4/c32-25(28-14-19-7-10-23-24(13-19)34-17-33-23)27-30-29-26(35-27)21-8-5-18(6-9-21)15-31-12-11-20-3-1-2-4-22(20)16-31/h1-10,13H,11-12,14-17H2,(H,28,32). The summed E-state index contributed by atoms with van der Waals surface area (Å²) in [4.78, 5) is 14.9. The van der Waals surface area contributed by atoms with E-state index in [9.17, 15) is 4.79 Å². The Morgan fingerprint density at radius 2 is 1.71 bits per heavy atom. The molecule has 0 saturated carbocycles. The number of benzene rings is 3. The molecule has 0 bridgehead atoms. The molecule has 1 amide bonds. The van der Waals surface area contributed by atoms with Crippen molar-refractivity contribution < 1.29 is 18.7 Å². The molecule has 0 spiro atoms. The highest BCUT2D eigenvalue weighted by molar-refractivity contribution is 5.89. The lowest BCUT2D eigenvalue weighted by Crippen LogP contribution is -2.29. The van der Waals surface area contributed by atoms with Gasteiger partial charge in [0.05, 0.1) is 0 Å². The van der Waals surface area contributed by atoms with Gasteiger partial charge in [-0.15, -0.1) is 10.2 Å². The second kappa shape index (κ2) is 9.23. The number of amides is 1. The number of fused-ring (bicyclic) bond motifs is 2. The number of carbonyl (C=O) groups excluding carboxylic acids is 1. The monoisotopic (exact) mass is 468 g/mol. The van der Waals surface area contributed by atoms with Crippen molar-refractivity contribution in [1.29, 1.82) is 0 Å². The molecular formula is C27H24N4O4. The van der Waals surface area contributed by atoms with Gasteiger partial charge in [-0.1, -0.05) is 42.5 Å². The van der Waals surface area contributed by atoms with E-state index in [1.165, 1.54) is 16.7 Å². The Balaban J connectivity index is 1.06. The average molecular weight is 469 g/mol. The van der Waals surface area contributed by atoms with Gasteiger partial charge >= 0.3 is 11.8 Å². The highest BCUT2D eigenvalue weighted by atomic mass is 16.7. The number of nitrogens with zero attached hydrogens (tertiary/aromatic N) is 3. The lowest BCUT2D eigenvalue weighted by atomic mass is 9.99. The second-order valence-electron chi connectivity index (χ2n) is 8.71. The maximum Gasteiger partial charge on any atom is 0.309 e. The molecule has 176 valence electrons. The first kappa shape index (κ1) is 21.4. The fourth-order valence-electron chi connectivity index (χ4n) is 4.44. The van der Waals surface area contributed by atoms with Crippen LogP contribution >= 0.6 is 0 Å². The van der Waals surface area contributed by atoms with Crippen molar-refractivity contribution in [2.45, 2.75) is 26.1 Å². The number of carbonyl (C=O) groups is 1. The van der Waals surface area contributed by atoms with Gasteiger partial charge in [0, 0.05) is 31.7 Å². The summed E-state index contributed by atoms with van der Waals surface area (Å²) in [6, 6.07) is 22.2. The van der Waals surface area contributed by atoms with Crippen molar-refractivity contribution >= 4 is 5.91 Å². The van der Waals surface area contributed by atoms with Gasteiger partial charge in [0.1, 0.15) is 0 Å². The quantitative estimate of drug-likeness (QED) is 0.458. The first-order chi connectivity index (χ1) is 17.2. The van der Waals surface area contributed by atoms with Crippen molar-refractivity contribution in [2.75, 3.05) is 13.3 Å². The van der Waals surface area contributed by atoms with E-state index in [1.54, 1.807) is 0 Å². The number of rotatable bonds is 6. The van der Waals surface area contributed by atoms with E-state index in [2.05, 4.69) is 56.8 Å². The summed E-state index contributed by atoms with van der Waals surface area (Å²) in [6.45, 7) is 3.41. The number of aromatic nitrogens is 2. The Kier molecular flexibility index (Phi) is 5.64. The minimum Gasteiger partial charge on any atom is -0.454 e. The fraction of sp³-hybridized carbons (Fsp3) is 0.222. The molecule has 0 saturated heterocycles. The van der Waals surface area contributed by atoms with E-state index in [-0.39, 0.29) is 12.7 Å². The van der Waals surface area contributed by atoms with Crippen LogP contribution in [-0.4, -0.2) is 34.3 Å². The summed E-state index contributed by atoms with van der Waals surface area (Å²) in [7, 11) is 0. The predicted molar refractivity (Wildman–Crippen MR) is 128 cm³/mol. The molecule has 0 radical (unpaired) electrons. The first-order valence-corrected chi connectivity index (χ1v) is 11.6. The van der Waals surface area contributed by atoms with Crippen LogP contribution in [0.1, 0.15) is 32.9 Å². The third-order valence-electron chi connectivity index (χ3n) is 6.33. The molecule has 8 nitrogen and oxygen atoms in total. The Labute approximate surface area is 202 Å². The zero-order chi connectivity index (χ0) is 23.6. The minimum absolute atomic E-state index is 0.0724. The molecule has 4 aromatic rings. The molecule has 35 heavy (non-hydrogen) atoms. The van der Waals surface area contributed by atoms with Crippen molar-refractivity contribution in [3.63, 3.8) is 0 Å². The van der Waals surface area contributed by atoms with Crippen molar-refractivity contribution in [3.8, 4) is 23.0 Å². The van der Waals surface area contributed by atoms with E-state index in [4.69, 9.17) is 13.9 Å². The Bertz CT molecular complexity index is 1370. The van der Waals surface area contributed by atoms with Gasteiger partial charge in [-0.05, 0) is 52.9 Å². The Morgan fingerprint density at radius 1 is 0.914 bits per heavy atom.